The number of benzene rings is 4. The van der Waals surface area contributed by atoms with E-state index in [0.717, 1.165) is 21.9 Å². The highest BCUT2D eigenvalue weighted by Crippen LogP contribution is 2.36. The van der Waals surface area contributed by atoms with Crippen LogP contribution in [0.25, 0.3) is 10.8 Å². The van der Waals surface area contributed by atoms with Crippen LogP contribution in [-0.4, -0.2) is 49.2 Å². The van der Waals surface area contributed by atoms with Gasteiger partial charge in [0.1, 0.15) is 6.04 Å². The molecule has 0 aliphatic carbocycles. The van der Waals surface area contributed by atoms with Gasteiger partial charge in [-0.3, -0.25) is 19.2 Å². The third kappa shape index (κ3) is 5.53. The summed E-state index contributed by atoms with van der Waals surface area (Å²) in [6, 6.07) is 24.4. The number of hydrogen-bond acceptors (Lipinski definition) is 5. The number of ketones is 1. The minimum absolute atomic E-state index is 0.0772. The Morgan fingerprint density at radius 2 is 1.60 bits per heavy atom. The van der Waals surface area contributed by atoms with Gasteiger partial charge in [0, 0.05) is 11.1 Å². The maximum atomic E-state index is 14.4. The molecular formula is C34H34N4O4. The molecule has 42 heavy (non-hydrogen) atoms. The van der Waals surface area contributed by atoms with Gasteiger partial charge in [0.2, 0.25) is 5.91 Å². The molecular weight excluding hydrogens is 528 g/mol. The number of rotatable bonds is 7. The first-order valence-electron chi connectivity index (χ1n) is 14.0. The largest absolute Gasteiger partial charge is 0.341 e. The maximum Gasteiger partial charge on any atom is 0.258 e. The minimum atomic E-state index is -1.02. The number of nitrogens with one attached hydrogen (secondary N) is 2. The van der Waals surface area contributed by atoms with E-state index in [1.807, 2.05) is 55.5 Å². The maximum absolute atomic E-state index is 14.4. The van der Waals surface area contributed by atoms with Crippen molar-refractivity contribution >= 4 is 45.7 Å². The molecule has 3 amide bonds. The van der Waals surface area contributed by atoms with Crippen LogP contribution in [0.4, 0.5) is 11.4 Å². The number of Topliss-reactive ketones (excluding diaryl/α,β-unsaturated/α-hetero) is 1. The Balaban J connectivity index is 1.64. The molecule has 5 rings (SSSR count). The van der Waals surface area contributed by atoms with Crippen LogP contribution in [0.1, 0.15) is 45.7 Å². The Bertz CT molecular complexity index is 1700. The normalized spacial score (nSPS) is 15.6. The zero-order chi connectivity index (χ0) is 30.0. The summed E-state index contributed by atoms with van der Waals surface area (Å²) in [6.07, 6.45) is 0. The lowest BCUT2D eigenvalue weighted by molar-refractivity contribution is -0.128. The summed E-state index contributed by atoms with van der Waals surface area (Å²) >= 11 is 0. The van der Waals surface area contributed by atoms with Gasteiger partial charge in [0.25, 0.3) is 11.8 Å². The van der Waals surface area contributed by atoms with Crippen LogP contribution >= 0.6 is 0 Å². The Hall–Kier alpha value is -4.82. The van der Waals surface area contributed by atoms with Gasteiger partial charge in [-0.1, -0.05) is 60.7 Å². The number of anilines is 2. The number of carbonyl (C=O) groups excluding carboxylic acids is 4. The molecule has 1 aliphatic heterocycles. The van der Waals surface area contributed by atoms with Crippen LogP contribution < -0.4 is 20.4 Å². The smallest absolute Gasteiger partial charge is 0.258 e. The highest BCUT2D eigenvalue weighted by atomic mass is 16.2. The van der Waals surface area contributed by atoms with E-state index in [9.17, 15) is 19.2 Å². The quantitative estimate of drug-likeness (QED) is 0.320. The zero-order valence-electron chi connectivity index (χ0n) is 24.2. The monoisotopic (exact) mass is 562 g/mol. The van der Waals surface area contributed by atoms with E-state index >= 15 is 0 Å². The molecule has 0 aromatic heterocycles. The molecule has 0 radical (unpaired) electrons. The van der Waals surface area contributed by atoms with E-state index < -0.39 is 12.1 Å². The van der Waals surface area contributed by atoms with E-state index in [2.05, 4.69) is 16.7 Å². The van der Waals surface area contributed by atoms with Gasteiger partial charge < -0.3 is 20.4 Å². The van der Waals surface area contributed by atoms with Crippen LogP contribution in [-0.2, 0) is 16.1 Å². The molecule has 0 bridgehead atoms. The van der Waals surface area contributed by atoms with Crippen molar-refractivity contribution in [3.63, 3.8) is 0 Å². The highest BCUT2D eigenvalue weighted by Gasteiger charge is 2.38. The molecule has 2 unspecified atom stereocenters. The summed E-state index contributed by atoms with van der Waals surface area (Å²) in [5.41, 5.74) is 3.85. The van der Waals surface area contributed by atoms with E-state index in [0.29, 0.717) is 22.5 Å². The van der Waals surface area contributed by atoms with E-state index in [1.54, 1.807) is 49.2 Å². The lowest BCUT2D eigenvalue weighted by Gasteiger charge is -2.27. The molecule has 0 saturated carbocycles. The molecule has 4 aromatic rings. The number of likely N-dealkylation sites (N-methyl/N-ethyl adjacent to an activating group) is 1. The highest BCUT2D eigenvalue weighted by molar-refractivity contribution is 6.13. The Labute approximate surface area is 245 Å². The van der Waals surface area contributed by atoms with Gasteiger partial charge in [-0.2, -0.15) is 0 Å². The lowest BCUT2D eigenvalue weighted by atomic mass is 9.99. The fourth-order valence-corrected chi connectivity index (χ4v) is 5.32. The topological polar surface area (TPSA) is 98.8 Å². The van der Waals surface area contributed by atoms with Crippen LogP contribution in [0.2, 0.25) is 0 Å². The molecule has 1 heterocycles. The second kappa shape index (κ2) is 12.0. The van der Waals surface area contributed by atoms with E-state index in [4.69, 9.17) is 0 Å². The number of amides is 3. The third-order valence-electron chi connectivity index (χ3n) is 7.89. The average molecular weight is 563 g/mol. The van der Waals surface area contributed by atoms with Crippen molar-refractivity contribution in [1.29, 1.82) is 0 Å². The predicted molar refractivity (Wildman–Crippen MR) is 165 cm³/mol. The number of fused-ring (bicyclic) bond motifs is 2. The Kier molecular flexibility index (Phi) is 8.17. The second-order valence-electron chi connectivity index (χ2n) is 10.6. The average Bonchev–Trinajstić information content (AvgIpc) is 3.12. The summed E-state index contributed by atoms with van der Waals surface area (Å²) in [5.74, 6) is -1.20. The first kappa shape index (κ1) is 28.7. The van der Waals surface area contributed by atoms with Crippen molar-refractivity contribution in [3.8, 4) is 0 Å². The lowest BCUT2D eigenvalue weighted by Crippen LogP contribution is -2.55. The molecule has 4 aromatic carbocycles. The number of aryl methyl sites for hydroxylation is 1. The zero-order valence-corrected chi connectivity index (χ0v) is 24.2. The van der Waals surface area contributed by atoms with E-state index in [1.165, 1.54) is 11.8 Å². The van der Waals surface area contributed by atoms with E-state index in [-0.39, 0.29) is 36.6 Å². The number of hydrogen-bond donors (Lipinski definition) is 2. The van der Waals surface area contributed by atoms with Gasteiger partial charge in [-0.05, 0) is 74.0 Å². The molecule has 0 fully saturated rings. The summed E-state index contributed by atoms with van der Waals surface area (Å²) in [6.45, 7) is 5.34. The van der Waals surface area contributed by atoms with Crippen molar-refractivity contribution in [2.75, 3.05) is 23.4 Å². The van der Waals surface area contributed by atoms with Gasteiger partial charge in [-0.15, -0.1) is 0 Å². The standard InChI is InChI=1S/C34H34N4O4/c1-21-16-17-24-10-5-6-13-27(24)28(21)19-37-30-14-7-8-15-31(30)38(20-29(34(37)42)36-32(40)22(2)35-4)33(41)26-12-9-11-25(18-26)23(3)39/h5-18,22,29,35H,19-20H2,1-4H3,(H,36,40). The van der Waals surface area contributed by atoms with Gasteiger partial charge in [0.15, 0.2) is 5.78 Å². The van der Waals surface area contributed by atoms with Crippen LogP contribution in [0.15, 0.2) is 84.9 Å². The van der Waals surface area contributed by atoms with Crippen molar-refractivity contribution in [2.45, 2.75) is 39.4 Å². The Morgan fingerprint density at radius 3 is 2.33 bits per heavy atom. The molecule has 1 aliphatic rings. The van der Waals surface area contributed by atoms with Gasteiger partial charge in [0.05, 0.1) is 30.5 Å². The number of para-hydroxylation sites is 2. The third-order valence-corrected chi connectivity index (χ3v) is 7.89. The summed E-state index contributed by atoms with van der Waals surface area (Å²) < 4.78 is 0. The Morgan fingerprint density at radius 1 is 0.905 bits per heavy atom. The first-order valence-corrected chi connectivity index (χ1v) is 14.0. The first-order chi connectivity index (χ1) is 20.2. The molecule has 214 valence electrons. The van der Waals surface area contributed by atoms with Crippen molar-refractivity contribution in [1.82, 2.24) is 10.6 Å². The predicted octanol–water partition coefficient (Wildman–Crippen LogP) is 4.64. The molecule has 0 spiro atoms. The molecule has 8 nitrogen and oxygen atoms in total. The van der Waals surface area contributed by atoms with Crippen LogP contribution in [0.3, 0.4) is 0 Å². The SMILES string of the molecule is CNC(C)C(=O)NC1CN(C(=O)c2cccc(C(C)=O)c2)c2ccccc2N(Cc2c(C)ccc3ccccc23)C1=O. The van der Waals surface area contributed by atoms with Gasteiger partial charge in [-0.25, -0.2) is 0 Å². The fraction of sp³-hybridized carbons (Fsp3) is 0.235. The molecule has 2 N–H and O–H groups in total. The fourth-order valence-electron chi connectivity index (χ4n) is 5.32. The van der Waals surface area contributed by atoms with Crippen LogP contribution in [0.5, 0.6) is 0 Å². The van der Waals surface area contributed by atoms with Crippen molar-refractivity contribution in [3.05, 3.63) is 107 Å². The molecule has 8 heteroatoms. The van der Waals surface area contributed by atoms with Crippen molar-refractivity contribution in [2.24, 2.45) is 0 Å². The summed E-state index contributed by atoms with van der Waals surface area (Å²) in [4.78, 5) is 56.7. The molecule has 0 saturated heterocycles. The molecule has 2 atom stereocenters. The second-order valence-corrected chi connectivity index (χ2v) is 10.6. The number of nitrogens with zero attached hydrogens (tertiary/aromatic N) is 2. The summed E-state index contributed by atoms with van der Waals surface area (Å²) in [7, 11) is 1.67. The number of carbonyl (C=O) groups is 4. The van der Waals surface area contributed by atoms with Gasteiger partial charge >= 0.3 is 0 Å². The summed E-state index contributed by atoms with van der Waals surface area (Å²) in [5, 5.41) is 7.89. The van der Waals surface area contributed by atoms with Crippen LogP contribution in [0, 0.1) is 6.92 Å². The van der Waals surface area contributed by atoms with Crippen molar-refractivity contribution < 1.29 is 19.2 Å². The minimum Gasteiger partial charge on any atom is -0.341 e.